The van der Waals surface area contributed by atoms with Crippen LogP contribution in [-0.2, 0) is 4.84 Å². The lowest BCUT2D eigenvalue weighted by atomic mass is 10.2. The molecular weight excluding hydrogens is 168 g/mol. The zero-order valence-corrected chi connectivity index (χ0v) is 7.08. The van der Waals surface area contributed by atoms with E-state index < -0.39 is 0 Å². The predicted molar refractivity (Wildman–Crippen MR) is 49.9 cm³/mol. The molecule has 1 aromatic rings. The quantitative estimate of drug-likeness (QED) is 0.229. The average molecular weight is 176 g/mol. The maximum Gasteiger partial charge on any atom is 0.106 e. The lowest BCUT2D eigenvalue weighted by molar-refractivity contribution is 0.215. The molecule has 0 unspecified atom stereocenters. The van der Waals surface area contributed by atoms with E-state index >= 15 is 0 Å². The second kappa shape index (κ2) is 4.79. The molecule has 0 spiro atoms. The van der Waals surface area contributed by atoms with Crippen molar-refractivity contribution < 1.29 is 4.84 Å². The van der Waals surface area contributed by atoms with Crippen LogP contribution in [0.25, 0.3) is 10.4 Å². The van der Waals surface area contributed by atoms with Gasteiger partial charge < -0.3 is 4.84 Å². The van der Waals surface area contributed by atoms with Crippen LogP contribution in [0, 0.1) is 0 Å². The third kappa shape index (κ3) is 2.50. The third-order valence-electron chi connectivity index (χ3n) is 1.39. The molecule has 0 bridgehead atoms. The first kappa shape index (κ1) is 9.09. The molecule has 0 radical (unpaired) electrons. The van der Waals surface area contributed by atoms with Crippen LogP contribution in [0.3, 0.4) is 0 Å². The summed E-state index contributed by atoms with van der Waals surface area (Å²) in [4.78, 5) is 7.21. The minimum atomic E-state index is 0.533. The van der Waals surface area contributed by atoms with E-state index in [4.69, 9.17) is 5.53 Å². The highest BCUT2D eigenvalue weighted by Crippen LogP contribution is 2.16. The van der Waals surface area contributed by atoms with Gasteiger partial charge in [-0.05, 0) is 5.53 Å². The maximum absolute atomic E-state index is 8.25. The van der Waals surface area contributed by atoms with Gasteiger partial charge in [-0.25, -0.2) is 0 Å². The number of benzene rings is 1. The molecule has 13 heavy (non-hydrogen) atoms. The number of hydrogen-bond acceptors (Lipinski definition) is 3. The molecule has 0 heterocycles. The predicted octanol–water partition coefficient (Wildman–Crippen LogP) is 2.61. The van der Waals surface area contributed by atoms with Crippen molar-refractivity contribution in [2.24, 2.45) is 10.3 Å². The van der Waals surface area contributed by atoms with Crippen LogP contribution in [0.15, 0.2) is 34.5 Å². The van der Waals surface area contributed by atoms with Crippen LogP contribution in [0.5, 0.6) is 0 Å². The highest BCUT2D eigenvalue weighted by Gasteiger charge is 1.94. The Labute approximate surface area is 75.3 Å². The van der Waals surface area contributed by atoms with Crippen molar-refractivity contribution in [1.82, 2.24) is 0 Å². The average Bonchev–Trinajstić information content (AvgIpc) is 2.17. The molecule has 0 atom stereocenters. The highest BCUT2D eigenvalue weighted by molar-refractivity contribution is 5.86. The van der Waals surface area contributed by atoms with Crippen LogP contribution >= 0.6 is 0 Å². The van der Waals surface area contributed by atoms with Gasteiger partial charge in [0.15, 0.2) is 0 Å². The minimum Gasteiger partial charge on any atom is -0.399 e. The van der Waals surface area contributed by atoms with Crippen molar-refractivity contribution in [3.63, 3.8) is 0 Å². The minimum absolute atomic E-state index is 0.533. The Hall–Kier alpha value is -2.00. The Kier molecular flexibility index (Phi) is 3.35. The third-order valence-corrected chi connectivity index (χ3v) is 1.39. The van der Waals surface area contributed by atoms with Crippen LogP contribution in [0.4, 0.5) is 5.69 Å². The van der Waals surface area contributed by atoms with E-state index in [9.17, 15) is 0 Å². The summed E-state index contributed by atoms with van der Waals surface area (Å²) in [6.07, 6.45) is 1.49. The SMILES string of the molecule is CON=Cc1ccccc1N=[N+]=[N-]. The molecule has 0 aromatic heterocycles. The van der Waals surface area contributed by atoms with Gasteiger partial charge in [0.2, 0.25) is 0 Å². The van der Waals surface area contributed by atoms with Crippen molar-refractivity contribution in [1.29, 1.82) is 0 Å². The van der Waals surface area contributed by atoms with Gasteiger partial charge in [0.1, 0.15) is 7.11 Å². The summed E-state index contributed by atoms with van der Waals surface area (Å²) in [5.41, 5.74) is 9.51. The summed E-state index contributed by atoms with van der Waals surface area (Å²) in [7, 11) is 1.45. The summed E-state index contributed by atoms with van der Waals surface area (Å²) in [5.74, 6) is 0. The lowest BCUT2D eigenvalue weighted by Crippen LogP contribution is -1.81. The molecule has 5 nitrogen and oxygen atoms in total. The zero-order chi connectivity index (χ0) is 9.52. The first-order valence-electron chi connectivity index (χ1n) is 3.59. The number of hydrogen-bond donors (Lipinski definition) is 0. The molecule has 0 amide bonds. The van der Waals surface area contributed by atoms with Crippen LogP contribution in [0.2, 0.25) is 0 Å². The van der Waals surface area contributed by atoms with Crippen molar-refractivity contribution >= 4 is 11.9 Å². The first-order valence-corrected chi connectivity index (χ1v) is 3.59. The molecule has 0 N–H and O–H groups in total. The second-order valence-corrected chi connectivity index (χ2v) is 2.17. The second-order valence-electron chi connectivity index (χ2n) is 2.17. The van der Waals surface area contributed by atoms with Crippen molar-refractivity contribution in [2.45, 2.75) is 0 Å². The summed E-state index contributed by atoms with van der Waals surface area (Å²) < 4.78 is 0. The Morgan fingerprint density at radius 3 is 2.92 bits per heavy atom. The van der Waals surface area contributed by atoms with E-state index in [1.807, 2.05) is 6.07 Å². The topological polar surface area (TPSA) is 70.4 Å². The van der Waals surface area contributed by atoms with Gasteiger partial charge in [-0.1, -0.05) is 34.5 Å². The molecule has 0 saturated carbocycles. The summed E-state index contributed by atoms with van der Waals surface area (Å²) in [5, 5.41) is 7.07. The fraction of sp³-hybridized carbons (Fsp3) is 0.125. The highest BCUT2D eigenvalue weighted by atomic mass is 16.6. The first-order chi connectivity index (χ1) is 6.38. The lowest BCUT2D eigenvalue weighted by Gasteiger charge is -1.96. The molecule has 66 valence electrons. The Bertz CT molecular complexity index is 355. The van der Waals surface area contributed by atoms with Crippen molar-refractivity contribution in [3.05, 3.63) is 40.3 Å². The van der Waals surface area contributed by atoms with Gasteiger partial charge in [0.25, 0.3) is 0 Å². The van der Waals surface area contributed by atoms with Crippen LogP contribution in [-0.4, -0.2) is 13.3 Å². The van der Waals surface area contributed by atoms with E-state index in [-0.39, 0.29) is 0 Å². The normalized spacial score (nSPS) is 9.62. The fourth-order valence-electron chi connectivity index (χ4n) is 0.845. The van der Waals surface area contributed by atoms with E-state index in [1.54, 1.807) is 18.2 Å². The molecule has 0 aliphatic heterocycles. The van der Waals surface area contributed by atoms with Gasteiger partial charge in [-0.15, -0.1) is 0 Å². The number of nitrogens with zero attached hydrogens (tertiary/aromatic N) is 4. The Morgan fingerprint density at radius 1 is 1.46 bits per heavy atom. The van der Waals surface area contributed by atoms with E-state index in [0.717, 1.165) is 5.56 Å². The molecule has 1 rings (SSSR count). The zero-order valence-electron chi connectivity index (χ0n) is 7.08. The van der Waals surface area contributed by atoms with Gasteiger partial charge in [-0.3, -0.25) is 0 Å². The summed E-state index contributed by atoms with van der Waals surface area (Å²) in [6, 6.07) is 7.10. The molecule has 0 aliphatic carbocycles. The summed E-state index contributed by atoms with van der Waals surface area (Å²) in [6.45, 7) is 0. The van der Waals surface area contributed by atoms with Crippen molar-refractivity contribution in [3.8, 4) is 0 Å². The van der Waals surface area contributed by atoms with Gasteiger partial charge in [0, 0.05) is 16.2 Å². The van der Waals surface area contributed by atoms with E-state index in [1.165, 1.54) is 13.3 Å². The molecule has 0 fully saturated rings. The number of oxime groups is 1. The van der Waals surface area contributed by atoms with Gasteiger partial charge in [0.05, 0.1) is 6.21 Å². The van der Waals surface area contributed by atoms with Gasteiger partial charge >= 0.3 is 0 Å². The molecule has 0 saturated heterocycles. The standard InChI is InChI=1S/C8H8N4O/c1-13-10-6-7-4-2-3-5-8(7)11-12-9/h2-6H,1H3. The van der Waals surface area contributed by atoms with Crippen LogP contribution in [0.1, 0.15) is 5.56 Å². The maximum atomic E-state index is 8.25. The number of rotatable bonds is 3. The fourth-order valence-corrected chi connectivity index (χ4v) is 0.845. The monoisotopic (exact) mass is 176 g/mol. The molecule has 5 heteroatoms. The largest absolute Gasteiger partial charge is 0.399 e. The molecular formula is C8H8N4O. The summed E-state index contributed by atoms with van der Waals surface area (Å²) >= 11 is 0. The van der Waals surface area contributed by atoms with Crippen LogP contribution < -0.4 is 0 Å². The number of azide groups is 1. The molecule has 1 aromatic carbocycles. The van der Waals surface area contributed by atoms with Gasteiger partial charge in [-0.2, -0.15) is 0 Å². The van der Waals surface area contributed by atoms with E-state index in [2.05, 4.69) is 20.0 Å². The van der Waals surface area contributed by atoms with E-state index in [0.29, 0.717) is 5.69 Å². The Morgan fingerprint density at radius 2 is 2.23 bits per heavy atom. The molecule has 0 aliphatic rings. The smallest absolute Gasteiger partial charge is 0.106 e. The van der Waals surface area contributed by atoms with Crippen molar-refractivity contribution in [2.75, 3.05) is 7.11 Å². The Balaban J connectivity index is 3.04.